The molecule has 0 spiro atoms. The second kappa shape index (κ2) is 5.72. The van der Waals surface area contributed by atoms with Crippen molar-refractivity contribution in [1.29, 1.82) is 0 Å². The zero-order valence-electron chi connectivity index (χ0n) is 11.6. The van der Waals surface area contributed by atoms with E-state index in [4.69, 9.17) is 0 Å². The van der Waals surface area contributed by atoms with E-state index in [2.05, 4.69) is 55.0 Å². The second-order valence-electron chi connectivity index (χ2n) is 5.44. The number of hydrogen-bond acceptors (Lipinski definition) is 3. The zero-order chi connectivity index (χ0) is 13.1. The predicted octanol–water partition coefficient (Wildman–Crippen LogP) is 1.89. The van der Waals surface area contributed by atoms with E-state index in [1.165, 1.54) is 11.3 Å². The van der Waals surface area contributed by atoms with Crippen molar-refractivity contribution in [3.63, 3.8) is 0 Å². The Morgan fingerprint density at radius 3 is 2.56 bits per heavy atom. The van der Waals surface area contributed by atoms with E-state index in [0.29, 0.717) is 6.04 Å². The van der Waals surface area contributed by atoms with Gasteiger partial charge in [0.05, 0.1) is 6.61 Å². The van der Waals surface area contributed by atoms with E-state index in [9.17, 15) is 5.11 Å². The smallest absolute Gasteiger partial charge is 0.0604 e. The van der Waals surface area contributed by atoms with Gasteiger partial charge in [-0.1, -0.05) is 17.7 Å². The maximum Gasteiger partial charge on any atom is 0.0604 e. The molecule has 1 fully saturated rings. The van der Waals surface area contributed by atoms with Gasteiger partial charge in [0.1, 0.15) is 0 Å². The molecule has 0 aromatic heterocycles. The molecule has 0 bridgehead atoms. The van der Waals surface area contributed by atoms with Crippen molar-refractivity contribution in [2.45, 2.75) is 32.4 Å². The molecule has 1 aromatic carbocycles. The van der Waals surface area contributed by atoms with Crippen LogP contribution in [0.4, 0.5) is 5.69 Å². The third-order valence-corrected chi connectivity index (χ3v) is 4.04. The molecule has 1 saturated heterocycles. The van der Waals surface area contributed by atoms with Gasteiger partial charge in [0.2, 0.25) is 0 Å². The Morgan fingerprint density at radius 1 is 1.28 bits per heavy atom. The summed E-state index contributed by atoms with van der Waals surface area (Å²) in [6, 6.07) is 9.44. The number of aliphatic hydroxyl groups excluding tert-OH is 1. The van der Waals surface area contributed by atoms with Crippen LogP contribution < -0.4 is 4.90 Å². The average Bonchev–Trinajstić information content (AvgIpc) is 2.51. The molecule has 1 aliphatic heterocycles. The monoisotopic (exact) mass is 248 g/mol. The van der Waals surface area contributed by atoms with Crippen LogP contribution >= 0.6 is 0 Å². The molecule has 2 rings (SSSR count). The highest BCUT2D eigenvalue weighted by Gasteiger charge is 2.26. The molecule has 1 N–H and O–H groups in total. The molecule has 2 atom stereocenters. The fourth-order valence-electron chi connectivity index (χ4n) is 2.57. The Hall–Kier alpha value is -1.06. The number of nitrogens with zero attached hydrogens (tertiary/aromatic N) is 2. The molecule has 0 radical (unpaired) electrons. The minimum absolute atomic E-state index is 0.228. The van der Waals surface area contributed by atoms with Gasteiger partial charge in [-0.3, -0.25) is 4.90 Å². The summed E-state index contributed by atoms with van der Waals surface area (Å²) in [7, 11) is 2.10. The molecule has 1 heterocycles. The quantitative estimate of drug-likeness (QED) is 0.866. The first-order chi connectivity index (χ1) is 8.61. The van der Waals surface area contributed by atoms with E-state index in [0.717, 1.165) is 19.5 Å². The van der Waals surface area contributed by atoms with Gasteiger partial charge in [-0.05, 0) is 39.4 Å². The van der Waals surface area contributed by atoms with Gasteiger partial charge in [-0.25, -0.2) is 0 Å². The molecule has 0 aliphatic carbocycles. The summed E-state index contributed by atoms with van der Waals surface area (Å²) in [6.45, 7) is 6.56. The van der Waals surface area contributed by atoms with Crippen molar-refractivity contribution < 1.29 is 5.11 Å². The molecule has 0 amide bonds. The van der Waals surface area contributed by atoms with E-state index >= 15 is 0 Å². The van der Waals surface area contributed by atoms with Crippen LogP contribution in [0.3, 0.4) is 0 Å². The van der Waals surface area contributed by atoms with Crippen LogP contribution in [0, 0.1) is 6.92 Å². The summed E-state index contributed by atoms with van der Waals surface area (Å²) in [6.07, 6.45) is 1.14. The summed E-state index contributed by atoms with van der Waals surface area (Å²) >= 11 is 0. The fourth-order valence-corrected chi connectivity index (χ4v) is 2.57. The molecular weight excluding hydrogens is 224 g/mol. The highest BCUT2D eigenvalue weighted by molar-refractivity contribution is 5.48. The lowest BCUT2D eigenvalue weighted by Gasteiger charge is -2.32. The lowest BCUT2D eigenvalue weighted by atomic mass is 10.1. The number of hydrogen-bond donors (Lipinski definition) is 1. The molecule has 3 heteroatoms. The van der Waals surface area contributed by atoms with Crippen molar-refractivity contribution in [3.8, 4) is 0 Å². The maximum atomic E-state index is 9.51. The number of likely N-dealkylation sites (N-methyl/N-ethyl adjacent to an activating group) is 1. The standard InChI is InChI=1S/C15H24N2O/c1-12-4-6-14(7-5-12)17-10-15(11-18)16(3)9-8-13(17)2/h4-7,13,15,18H,8-11H2,1-3H3. The van der Waals surface area contributed by atoms with Crippen LogP contribution in [-0.4, -0.2) is 48.8 Å². The van der Waals surface area contributed by atoms with Gasteiger partial charge in [0.25, 0.3) is 0 Å². The highest BCUT2D eigenvalue weighted by Crippen LogP contribution is 2.23. The van der Waals surface area contributed by atoms with E-state index in [1.807, 2.05) is 0 Å². The van der Waals surface area contributed by atoms with E-state index in [-0.39, 0.29) is 12.6 Å². The Kier molecular flexibility index (Phi) is 4.25. The van der Waals surface area contributed by atoms with Crippen molar-refractivity contribution in [2.75, 3.05) is 31.6 Å². The first kappa shape index (κ1) is 13.4. The molecule has 100 valence electrons. The van der Waals surface area contributed by atoms with Crippen molar-refractivity contribution in [3.05, 3.63) is 29.8 Å². The van der Waals surface area contributed by atoms with Crippen LogP contribution in [0.15, 0.2) is 24.3 Å². The highest BCUT2D eigenvalue weighted by atomic mass is 16.3. The van der Waals surface area contributed by atoms with Gasteiger partial charge in [0, 0.05) is 30.9 Å². The zero-order valence-corrected chi connectivity index (χ0v) is 11.6. The number of rotatable bonds is 2. The van der Waals surface area contributed by atoms with Crippen LogP contribution in [0.5, 0.6) is 0 Å². The molecular formula is C15H24N2O. The van der Waals surface area contributed by atoms with Gasteiger partial charge in [-0.15, -0.1) is 0 Å². The minimum atomic E-state index is 0.228. The van der Waals surface area contributed by atoms with Crippen LogP contribution in [-0.2, 0) is 0 Å². The topological polar surface area (TPSA) is 26.7 Å². The SMILES string of the molecule is Cc1ccc(N2CC(CO)N(C)CCC2C)cc1. The first-order valence-electron chi connectivity index (χ1n) is 6.76. The maximum absolute atomic E-state index is 9.51. The summed E-state index contributed by atoms with van der Waals surface area (Å²) < 4.78 is 0. The third kappa shape index (κ3) is 2.85. The molecule has 1 aromatic rings. The summed E-state index contributed by atoms with van der Waals surface area (Å²) in [4.78, 5) is 4.69. The Morgan fingerprint density at radius 2 is 1.94 bits per heavy atom. The third-order valence-electron chi connectivity index (χ3n) is 4.04. The van der Waals surface area contributed by atoms with Crippen molar-refractivity contribution >= 4 is 5.69 Å². The normalized spacial score (nSPS) is 26.1. The summed E-state index contributed by atoms with van der Waals surface area (Å²) in [5, 5.41) is 9.51. The molecule has 18 heavy (non-hydrogen) atoms. The predicted molar refractivity (Wildman–Crippen MR) is 76.1 cm³/mol. The van der Waals surface area contributed by atoms with Gasteiger partial charge in [0.15, 0.2) is 0 Å². The minimum Gasteiger partial charge on any atom is -0.395 e. The second-order valence-corrected chi connectivity index (χ2v) is 5.44. The van der Waals surface area contributed by atoms with Gasteiger partial charge >= 0.3 is 0 Å². The van der Waals surface area contributed by atoms with Crippen LogP contribution in [0.25, 0.3) is 0 Å². The largest absolute Gasteiger partial charge is 0.395 e. The average molecular weight is 248 g/mol. The van der Waals surface area contributed by atoms with Gasteiger partial charge < -0.3 is 10.0 Å². The number of anilines is 1. The van der Waals surface area contributed by atoms with E-state index < -0.39 is 0 Å². The number of aryl methyl sites for hydroxylation is 1. The first-order valence-corrected chi connectivity index (χ1v) is 6.76. The molecule has 0 saturated carbocycles. The Balaban J connectivity index is 2.21. The van der Waals surface area contributed by atoms with E-state index in [1.54, 1.807) is 0 Å². The van der Waals surface area contributed by atoms with Crippen molar-refractivity contribution in [1.82, 2.24) is 4.90 Å². The lowest BCUT2D eigenvalue weighted by Crippen LogP contribution is -2.43. The summed E-state index contributed by atoms with van der Waals surface area (Å²) in [5.74, 6) is 0. The fraction of sp³-hybridized carbons (Fsp3) is 0.600. The lowest BCUT2D eigenvalue weighted by molar-refractivity contribution is 0.159. The number of benzene rings is 1. The van der Waals surface area contributed by atoms with Crippen LogP contribution in [0.1, 0.15) is 18.9 Å². The molecule has 1 aliphatic rings. The molecule has 2 unspecified atom stereocenters. The Labute approximate surface area is 110 Å². The Bertz CT molecular complexity index is 377. The molecule has 3 nitrogen and oxygen atoms in total. The van der Waals surface area contributed by atoms with Crippen molar-refractivity contribution in [2.24, 2.45) is 0 Å². The van der Waals surface area contributed by atoms with Gasteiger partial charge in [-0.2, -0.15) is 0 Å². The number of aliphatic hydroxyl groups is 1. The van der Waals surface area contributed by atoms with Crippen LogP contribution in [0.2, 0.25) is 0 Å². The summed E-state index contributed by atoms with van der Waals surface area (Å²) in [5.41, 5.74) is 2.55.